The van der Waals surface area contributed by atoms with Gasteiger partial charge in [-0.2, -0.15) is 9.78 Å². The molecule has 1 heterocycles. The Morgan fingerprint density at radius 1 is 1.12 bits per heavy atom. The minimum Gasteiger partial charge on any atom is -0.267 e. The molecule has 1 aromatic carbocycles. The Morgan fingerprint density at radius 2 is 1.75 bits per heavy atom. The van der Waals surface area contributed by atoms with Gasteiger partial charge in [0.15, 0.2) is 0 Å². The molecule has 16 heavy (non-hydrogen) atoms. The van der Waals surface area contributed by atoms with Crippen LogP contribution >= 0.6 is 0 Å². The second kappa shape index (κ2) is 3.84. The predicted octanol–water partition coefficient (Wildman–Crippen LogP) is 1.82. The standard InChI is InChI=1S/C11H8F2N2O/c1-7-2-11(16)15(14-6-7)10-4-8(12)3-9(13)5-10/h2-6H,1H3. The van der Waals surface area contributed by atoms with E-state index in [0.717, 1.165) is 22.9 Å². The van der Waals surface area contributed by atoms with Gasteiger partial charge in [-0.3, -0.25) is 4.79 Å². The molecule has 2 aromatic rings. The summed E-state index contributed by atoms with van der Waals surface area (Å²) in [7, 11) is 0. The quantitative estimate of drug-likeness (QED) is 0.737. The topological polar surface area (TPSA) is 34.9 Å². The highest BCUT2D eigenvalue weighted by Gasteiger charge is 2.05. The fraction of sp³-hybridized carbons (Fsp3) is 0.0909. The molecule has 82 valence electrons. The van der Waals surface area contributed by atoms with Crippen LogP contribution in [0.2, 0.25) is 0 Å². The summed E-state index contributed by atoms with van der Waals surface area (Å²) in [4.78, 5) is 11.5. The Kier molecular flexibility index (Phi) is 2.52. The van der Waals surface area contributed by atoms with Gasteiger partial charge in [0.1, 0.15) is 11.6 Å². The van der Waals surface area contributed by atoms with Crippen molar-refractivity contribution < 1.29 is 8.78 Å². The van der Waals surface area contributed by atoms with Gasteiger partial charge < -0.3 is 0 Å². The van der Waals surface area contributed by atoms with E-state index in [1.807, 2.05) is 0 Å². The smallest absolute Gasteiger partial charge is 0.267 e. The molecule has 0 spiro atoms. The molecule has 0 aliphatic heterocycles. The van der Waals surface area contributed by atoms with Crippen LogP contribution in [0.15, 0.2) is 35.3 Å². The third-order valence-electron chi connectivity index (χ3n) is 2.03. The van der Waals surface area contributed by atoms with Crippen molar-refractivity contribution in [2.24, 2.45) is 0 Å². The van der Waals surface area contributed by atoms with Gasteiger partial charge in [-0.15, -0.1) is 0 Å². The van der Waals surface area contributed by atoms with E-state index in [2.05, 4.69) is 5.10 Å². The fourth-order valence-corrected chi connectivity index (χ4v) is 1.35. The van der Waals surface area contributed by atoms with Gasteiger partial charge in [-0.05, 0) is 24.6 Å². The zero-order valence-electron chi connectivity index (χ0n) is 8.45. The van der Waals surface area contributed by atoms with Gasteiger partial charge >= 0.3 is 0 Å². The van der Waals surface area contributed by atoms with Crippen LogP contribution in [0.5, 0.6) is 0 Å². The molecule has 0 aliphatic rings. The summed E-state index contributed by atoms with van der Waals surface area (Å²) in [5.41, 5.74) is 0.339. The van der Waals surface area contributed by atoms with Crippen molar-refractivity contribution in [3.8, 4) is 5.69 Å². The molecule has 0 N–H and O–H groups in total. The van der Waals surface area contributed by atoms with Crippen molar-refractivity contribution in [1.29, 1.82) is 0 Å². The van der Waals surface area contributed by atoms with Gasteiger partial charge in [0, 0.05) is 12.1 Å². The lowest BCUT2D eigenvalue weighted by Crippen LogP contribution is -2.20. The Morgan fingerprint density at radius 3 is 2.31 bits per heavy atom. The van der Waals surface area contributed by atoms with Crippen LogP contribution in [0.1, 0.15) is 5.56 Å². The predicted molar refractivity (Wildman–Crippen MR) is 54.5 cm³/mol. The number of nitrogens with zero attached hydrogens (tertiary/aromatic N) is 2. The van der Waals surface area contributed by atoms with Crippen LogP contribution in [0.25, 0.3) is 5.69 Å². The first kappa shape index (κ1) is 10.5. The van der Waals surface area contributed by atoms with Crippen molar-refractivity contribution in [2.45, 2.75) is 6.92 Å². The van der Waals surface area contributed by atoms with Crippen molar-refractivity contribution >= 4 is 0 Å². The van der Waals surface area contributed by atoms with Crippen LogP contribution in [0, 0.1) is 18.6 Å². The maximum atomic E-state index is 12.9. The second-order valence-electron chi connectivity index (χ2n) is 3.41. The monoisotopic (exact) mass is 222 g/mol. The Labute approximate surface area is 90.0 Å². The van der Waals surface area contributed by atoms with E-state index in [1.165, 1.54) is 12.3 Å². The van der Waals surface area contributed by atoms with E-state index in [4.69, 9.17) is 0 Å². The Balaban J connectivity index is 2.63. The maximum Gasteiger partial charge on any atom is 0.271 e. The lowest BCUT2D eigenvalue weighted by atomic mass is 10.3. The van der Waals surface area contributed by atoms with Crippen molar-refractivity contribution in [3.63, 3.8) is 0 Å². The number of aryl methyl sites for hydroxylation is 1. The Bertz CT molecular complexity index is 573. The third-order valence-corrected chi connectivity index (χ3v) is 2.03. The summed E-state index contributed by atoms with van der Waals surface area (Å²) >= 11 is 0. The summed E-state index contributed by atoms with van der Waals surface area (Å²) in [5, 5.41) is 3.80. The molecule has 0 saturated heterocycles. The van der Waals surface area contributed by atoms with E-state index in [-0.39, 0.29) is 5.69 Å². The number of benzene rings is 1. The average Bonchev–Trinajstić information content (AvgIpc) is 2.15. The first-order chi connectivity index (χ1) is 7.56. The molecule has 2 rings (SSSR count). The minimum absolute atomic E-state index is 0.0718. The van der Waals surface area contributed by atoms with E-state index in [0.29, 0.717) is 5.56 Å². The summed E-state index contributed by atoms with van der Waals surface area (Å²) in [6, 6.07) is 4.18. The number of aromatic nitrogens is 2. The molecule has 3 nitrogen and oxygen atoms in total. The highest BCUT2D eigenvalue weighted by Crippen LogP contribution is 2.10. The number of rotatable bonds is 1. The lowest BCUT2D eigenvalue weighted by Gasteiger charge is -2.04. The molecule has 1 aromatic heterocycles. The lowest BCUT2D eigenvalue weighted by molar-refractivity contribution is 0.579. The summed E-state index contributed by atoms with van der Waals surface area (Å²) in [6.07, 6.45) is 1.45. The number of hydrogen-bond acceptors (Lipinski definition) is 2. The van der Waals surface area contributed by atoms with E-state index < -0.39 is 17.2 Å². The number of hydrogen-bond donors (Lipinski definition) is 0. The molecule has 0 unspecified atom stereocenters. The molecule has 0 atom stereocenters. The van der Waals surface area contributed by atoms with Crippen molar-refractivity contribution in [3.05, 3.63) is 58.0 Å². The van der Waals surface area contributed by atoms with Gasteiger partial charge in [-0.25, -0.2) is 8.78 Å². The summed E-state index contributed by atoms with van der Waals surface area (Å²) < 4.78 is 26.8. The molecular weight excluding hydrogens is 214 g/mol. The molecule has 5 heteroatoms. The highest BCUT2D eigenvalue weighted by molar-refractivity contribution is 5.31. The molecule has 0 radical (unpaired) electrons. The summed E-state index contributed by atoms with van der Waals surface area (Å²) in [5.74, 6) is -1.49. The van der Waals surface area contributed by atoms with E-state index in [1.54, 1.807) is 6.92 Å². The molecule has 0 amide bonds. The number of halogens is 2. The SMILES string of the molecule is Cc1cnn(-c2cc(F)cc(F)c2)c(=O)c1. The van der Waals surface area contributed by atoms with Crippen LogP contribution in [-0.4, -0.2) is 9.78 Å². The molecule has 0 saturated carbocycles. The van der Waals surface area contributed by atoms with Gasteiger partial charge in [0.2, 0.25) is 0 Å². The van der Waals surface area contributed by atoms with Crippen LogP contribution < -0.4 is 5.56 Å². The molecular formula is C11H8F2N2O. The van der Waals surface area contributed by atoms with Crippen LogP contribution in [0.4, 0.5) is 8.78 Å². The average molecular weight is 222 g/mol. The van der Waals surface area contributed by atoms with Crippen molar-refractivity contribution in [2.75, 3.05) is 0 Å². The normalized spacial score (nSPS) is 10.4. The zero-order valence-corrected chi connectivity index (χ0v) is 8.45. The van der Waals surface area contributed by atoms with Crippen molar-refractivity contribution in [1.82, 2.24) is 9.78 Å². The Hall–Kier alpha value is -2.04. The van der Waals surface area contributed by atoms with E-state index >= 15 is 0 Å². The zero-order chi connectivity index (χ0) is 11.7. The first-order valence-corrected chi connectivity index (χ1v) is 4.59. The minimum atomic E-state index is -0.746. The first-order valence-electron chi connectivity index (χ1n) is 4.59. The fourth-order valence-electron chi connectivity index (χ4n) is 1.35. The molecule has 0 aliphatic carbocycles. The van der Waals surface area contributed by atoms with Gasteiger partial charge in [0.25, 0.3) is 5.56 Å². The second-order valence-corrected chi connectivity index (χ2v) is 3.41. The largest absolute Gasteiger partial charge is 0.271 e. The molecule has 0 fully saturated rings. The van der Waals surface area contributed by atoms with Gasteiger partial charge in [0.05, 0.1) is 11.9 Å². The third kappa shape index (κ3) is 1.98. The highest BCUT2D eigenvalue weighted by atomic mass is 19.1. The maximum absolute atomic E-state index is 12.9. The van der Waals surface area contributed by atoms with Gasteiger partial charge in [-0.1, -0.05) is 0 Å². The van der Waals surface area contributed by atoms with E-state index in [9.17, 15) is 13.6 Å². The van der Waals surface area contributed by atoms with Crippen LogP contribution in [0.3, 0.4) is 0 Å². The van der Waals surface area contributed by atoms with Crippen LogP contribution in [-0.2, 0) is 0 Å². The summed E-state index contributed by atoms with van der Waals surface area (Å²) in [6.45, 7) is 1.71. The molecule has 0 bridgehead atoms.